The summed E-state index contributed by atoms with van der Waals surface area (Å²) < 4.78 is 22.0. The molecule has 21 heavy (non-hydrogen) atoms. The maximum Gasteiger partial charge on any atom is 0.256 e. The highest BCUT2D eigenvalue weighted by Gasteiger charge is 2.57. The van der Waals surface area contributed by atoms with E-state index in [1.807, 2.05) is 22.6 Å². The van der Waals surface area contributed by atoms with Crippen LogP contribution in [0, 0.1) is 3.57 Å². The van der Waals surface area contributed by atoms with Crippen molar-refractivity contribution in [1.82, 2.24) is 14.5 Å². The van der Waals surface area contributed by atoms with E-state index >= 15 is 0 Å². The number of aliphatic hydroxyl groups is 2. The zero-order valence-electron chi connectivity index (χ0n) is 10.4. The van der Waals surface area contributed by atoms with E-state index in [1.165, 1.54) is 10.9 Å². The number of nitrogens with zero attached hydrogens (tertiary/aromatic N) is 3. The quantitative estimate of drug-likeness (QED) is 0.482. The largest absolute Gasteiger partial charge is 0.394 e. The van der Waals surface area contributed by atoms with Gasteiger partial charge in [0.2, 0.25) is 0 Å². The van der Waals surface area contributed by atoms with Crippen molar-refractivity contribution in [1.29, 1.82) is 0 Å². The average molecular weight is 429 g/mol. The van der Waals surface area contributed by atoms with Crippen molar-refractivity contribution >= 4 is 51.0 Å². The number of ether oxygens (including phenoxy) is 1. The van der Waals surface area contributed by atoms with E-state index in [4.69, 9.17) is 27.2 Å². The number of anilines is 1. The molecule has 0 aliphatic carbocycles. The molecule has 10 heteroatoms. The van der Waals surface area contributed by atoms with Crippen molar-refractivity contribution in [2.24, 2.45) is 0 Å². The summed E-state index contributed by atoms with van der Waals surface area (Å²) in [6, 6.07) is 0. The molecule has 0 radical (unpaired) electrons. The number of alkyl halides is 2. The van der Waals surface area contributed by atoms with Crippen LogP contribution in [0.3, 0.4) is 0 Å². The minimum atomic E-state index is -2.60. The van der Waals surface area contributed by atoms with Crippen LogP contribution in [0.5, 0.6) is 0 Å². The standard InChI is InChI=1S/C11H11ClFIN4O3/c12-11(13)7(20)5(2-19)21-10(11)18-1-4(14)6-8(15)16-3-17-9(6)18/h1,3,5,7,10,19-20H,2H2,(H2,15,16,17)/t5-,7-,10-,11-/m1/s1. The van der Waals surface area contributed by atoms with E-state index < -0.39 is 30.2 Å². The Hall–Kier alpha value is -0.750. The lowest BCUT2D eigenvalue weighted by molar-refractivity contribution is -0.0480. The molecule has 1 saturated heterocycles. The van der Waals surface area contributed by atoms with Gasteiger partial charge in [0, 0.05) is 9.77 Å². The van der Waals surface area contributed by atoms with Crippen LogP contribution in [-0.2, 0) is 4.74 Å². The van der Waals surface area contributed by atoms with E-state index in [0.717, 1.165) is 0 Å². The Morgan fingerprint density at radius 2 is 2.29 bits per heavy atom. The first-order chi connectivity index (χ1) is 9.87. The third kappa shape index (κ3) is 2.18. The topological polar surface area (TPSA) is 106 Å². The van der Waals surface area contributed by atoms with E-state index in [0.29, 0.717) is 14.6 Å². The second kappa shape index (κ2) is 5.16. The molecule has 114 valence electrons. The first kappa shape index (κ1) is 15.2. The van der Waals surface area contributed by atoms with Gasteiger partial charge in [-0.2, -0.15) is 0 Å². The van der Waals surface area contributed by atoms with Gasteiger partial charge in [-0.05, 0) is 22.6 Å². The van der Waals surface area contributed by atoms with Gasteiger partial charge < -0.3 is 25.3 Å². The summed E-state index contributed by atoms with van der Waals surface area (Å²) in [5.41, 5.74) is 6.13. The Labute approximate surface area is 137 Å². The summed E-state index contributed by atoms with van der Waals surface area (Å²) in [5, 5.41) is 16.9. The molecule has 4 atom stereocenters. The molecule has 0 unspecified atom stereocenters. The van der Waals surface area contributed by atoms with Gasteiger partial charge in [-0.15, -0.1) is 0 Å². The van der Waals surface area contributed by atoms with Gasteiger partial charge in [0.05, 0.1) is 12.0 Å². The third-order valence-corrected chi connectivity index (χ3v) is 4.63. The number of rotatable bonds is 2. The highest BCUT2D eigenvalue weighted by atomic mass is 127. The summed E-state index contributed by atoms with van der Waals surface area (Å²) in [7, 11) is 0. The van der Waals surface area contributed by atoms with Crippen LogP contribution in [0.1, 0.15) is 6.23 Å². The molecule has 0 spiro atoms. The Kier molecular flexibility index (Phi) is 3.72. The number of hydrogen-bond acceptors (Lipinski definition) is 6. The monoisotopic (exact) mass is 428 g/mol. The molecular formula is C11H11ClFIN4O3. The Balaban J connectivity index is 2.15. The molecule has 0 saturated carbocycles. The van der Waals surface area contributed by atoms with Gasteiger partial charge in [-0.25, -0.2) is 14.4 Å². The molecule has 2 aromatic heterocycles. The highest BCUT2D eigenvalue weighted by Crippen LogP contribution is 2.46. The number of nitrogens with two attached hydrogens (primary N) is 1. The number of hydrogen-bond donors (Lipinski definition) is 3. The number of fused-ring (bicyclic) bond motifs is 1. The fourth-order valence-corrected chi connectivity index (χ4v) is 3.47. The van der Waals surface area contributed by atoms with Crippen molar-refractivity contribution in [2.75, 3.05) is 12.3 Å². The molecule has 0 bridgehead atoms. The van der Waals surface area contributed by atoms with E-state index in [2.05, 4.69) is 9.97 Å². The molecular weight excluding hydrogens is 418 g/mol. The zero-order valence-corrected chi connectivity index (χ0v) is 13.4. The molecule has 1 fully saturated rings. The predicted octanol–water partition coefficient (Wildman–Crippen LogP) is 0.773. The summed E-state index contributed by atoms with van der Waals surface area (Å²) in [6.45, 7) is -0.552. The summed E-state index contributed by atoms with van der Waals surface area (Å²) >= 11 is 7.80. The second-order valence-electron chi connectivity index (χ2n) is 4.67. The van der Waals surface area contributed by atoms with Crippen LogP contribution in [-0.4, -0.2) is 48.7 Å². The molecule has 0 aromatic carbocycles. The van der Waals surface area contributed by atoms with Crippen LogP contribution in [0.15, 0.2) is 12.5 Å². The smallest absolute Gasteiger partial charge is 0.256 e. The van der Waals surface area contributed by atoms with Gasteiger partial charge >= 0.3 is 0 Å². The van der Waals surface area contributed by atoms with Gasteiger partial charge in [0.1, 0.15) is 30.0 Å². The van der Waals surface area contributed by atoms with Crippen molar-refractivity contribution in [3.8, 4) is 0 Å². The fraction of sp³-hybridized carbons (Fsp3) is 0.455. The van der Waals surface area contributed by atoms with E-state index in [1.54, 1.807) is 6.20 Å². The number of aromatic nitrogens is 3. The fourth-order valence-electron chi connectivity index (χ4n) is 2.36. The summed E-state index contributed by atoms with van der Waals surface area (Å²) in [5.74, 6) is 0.249. The lowest BCUT2D eigenvalue weighted by Gasteiger charge is -2.22. The Morgan fingerprint density at radius 3 is 2.90 bits per heavy atom. The van der Waals surface area contributed by atoms with Gasteiger partial charge in [0.25, 0.3) is 5.13 Å². The summed E-state index contributed by atoms with van der Waals surface area (Å²) in [6.07, 6.45) is -1.32. The van der Waals surface area contributed by atoms with Crippen LogP contribution in [0.2, 0.25) is 0 Å². The molecule has 1 aliphatic heterocycles. The van der Waals surface area contributed by atoms with E-state index in [9.17, 15) is 9.50 Å². The van der Waals surface area contributed by atoms with Crippen LogP contribution in [0.4, 0.5) is 10.2 Å². The van der Waals surface area contributed by atoms with E-state index in [-0.39, 0.29) is 5.82 Å². The first-order valence-corrected chi connectivity index (χ1v) is 7.42. The normalized spacial score (nSPS) is 32.9. The van der Waals surface area contributed by atoms with Gasteiger partial charge in [0.15, 0.2) is 6.23 Å². The van der Waals surface area contributed by atoms with Gasteiger partial charge in [-0.1, -0.05) is 11.6 Å². The Morgan fingerprint density at radius 1 is 1.57 bits per heavy atom. The first-order valence-electron chi connectivity index (χ1n) is 5.96. The number of aliphatic hydroxyl groups excluding tert-OH is 2. The van der Waals surface area contributed by atoms with Crippen LogP contribution >= 0.6 is 34.2 Å². The van der Waals surface area contributed by atoms with Crippen LogP contribution < -0.4 is 5.73 Å². The second-order valence-corrected chi connectivity index (χ2v) is 6.41. The zero-order chi connectivity index (χ0) is 15.4. The SMILES string of the molecule is Nc1ncnc2c1c(I)cn2[C@@H]1O[C@H](CO)[C@@H](O)[C@]1(F)Cl. The molecule has 3 heterocycles. The molecule has 7 nitrogen and oxygen atoms in total. The maximum absolute atomic E-state index is 14.6. The van der Waals surface area contributed by atoms with Crippen molar-refractivity contribution in [3.63, 3.8) is 0 Å². The molecule has 2 aromatic rings. The average Bonchev–Trinajstić information content (AvgIpc) is 2.87. The minimum absolute atomic E-state index is 0.249. The van der Waals surface area contributed by atoms with Crippen molar-refractivity contribution < 1.29 is 19.3 Å². The minimum Gasteiger partial charge on any atom is -0.394 e. The predicted molar refractivity (Wildman–Crippen MR) is 81.4 cm³/mol. The van der Waals surface area contributed by atoms with Crippen molar-refractivity contribution in [3.05, 3.63) is 16.1 Å². The Bertz CT molecular complexity index is 697. The number of halogens is 3. The van der Waals surface area contributed by atoms with Crippen LogP contribution in [0.25, 0.3) is 11.0 Å². The molecule has 3 rings (SSSR count). The molecule has 0 amide bonds. The highest BCUT2D eigenvalue weighted by molar-refractivity contribution is 14.1. The lowest BCUT2D eigenvalue weighted by atomic mass is 10.1. The lowest BCUT2D eigenvalue weighted by Crippen LogP contribution is -2.38. The van der Waals surface area contributed by atoms with Crippen molar-refractivity contribution in [2.45, 2.75) is 23.6 Å². The maximum atomic E-state index is 14.6. The summed E-state index contributed by atoms with van der Waals surface area (Å²) in [4.78, 5) is 7.95. The van der Waals surface area contributed by atoms with Gasteiger partial charge in [-0.3, -0.25) is 0 Å². The molecule has 4 N–H and O–H groups in total. The third-order valence-electron chi connectivity index (χ3n) is 3.40. The molecule has 1 aliphatic rings. The number of nitrogen functional groups attached to an aromatic ring is 1.